The maximum absolute atomic E-state index is 8.80. The summed E-state index contributed by atoms with van der Waals surface area (Å²) in [6.07, 6.45) is 1.65. The molecule has 0 amide bonds. The normalized spacial score (nSPS) is 9.65. The fourth-order valence-corrected chi connectivity index (χ4v) is 1.39. The summed E-state index contributed by atoms with van der Waals surface area (Å²) in [5, 5.41) is 11.9. The van der Waals surface area contributed by atoms with E-state index in [9.17, 15) is 0 Å². The number of aryl methyl sites for hydroxylation is 1. The molecule has 0 fully saturated rings. The molecule has 5 heteroatoms. The Balaban J connectivity index is 2.31. The minimum atomic E-state index is 0.217. The van der Waals surface area contributed by atoms with Crippen LogP contribution >= 0.6 is 0 Å². The lowest BCUT2D eigenvalue weighted by Gasteiger charge is -2.08. The molecule has 0 radical (unpaired) electrons. The van der Waals surface area contributed by atoms with Gasteiger partial charge in [0.05, 0.1) is 11.6 Å². The van der Waals surface area contributed by atoms with Gasteiger partial charge in [-0.1, -0.05) is 6.07 Å². The molecule has 0 aliphatic rings. The van der Waals surface area contributed by atoms with Crippen LogP contribution in [0.1, 0.15) is 11.1 Å². The quantitative estimate of drug-likeness (QED) is 0.815. The summed E-state index contributed by atoms with van der Waals surface area (Å²) in [4.78, 5) is 7.99. The second-order valence-electron chi connectivity index (χ2n) is 3.58. The fourth-order valence-electron chi connectivity index (χ4n) is 1.39. The maximum Gasteiger partial charge on any atom is 0.221 e. The second kappa shape index (κ2) is 4.49. The molecule has 1 aromatic carbocycles. The molecule has 0 spiro atoms. The zero-order valence-electron chi connectivity index (χ0n) is 9.31. The Morgan fingerprint density at radius 1 is 1.41 bits per heavy atom. The van der Waals surface area contributed by atoms with Crippen LogP contribution in [0.3, 0.4) is 0 Å². The first-order valence-corrected chi connectivity index (χ1v) is 5.05. The lowest BCUT2D eigenvalue weighted by atomic mass is 10.2. The van der Waals surface area contributed by atoms with Crippen LogP contribution in [0.25, 0.3) is 0 Å². The van der Waals surface area contributed by atoms with Gasteiger partial charge in [-0.25, -0.2) is 4.98 Å². The first-order chi connectivity index (χ1) is 8.19. The zero-order chi connectivity index (χ0) is 12.3. The van der Waals surface area contributed by atoms with Gasteiger partial charge in [-0.15, -0.1) is 0 Å². The van der Waals surface area contributed by atoms with Crippen LogP contribution in [0.2, 0.25) is 0 Å². The number of nitrogens with one attached hydrogen (secondary N) is 1. The Morgan fingerprint density at radius 2 is 2.24 bits per heavy atom. The summed E-state index contributed by atoms with van der Waals surface area (Å²) in [5.74, 6) is 0.863. The molecule has 0 unspecified atom stereocenters. The molecular formula is C12H11N5. The van der Waals surface area contributed by atoms with Crippen molar-refractivity contribution < 1.29 is 0 Å². The number of rotatable bonds is 2. The van der Waals surface area contributed by atoms with Gasteiger partial charge in [-0.2, -0.15) is 10.2 Å². The number of nitriles is 1. The van der Waals surface area contributed by atoms with Gasteiger partial charge in [-0.05, 0) is 25.1 Å². The topological polar surface area (TPSA) is 87.6 Å². The molecule has 0 aliphatic heterocycles. The van der Waals surface area contributed by atoms with Crippen molar-refractivity contribution in [2.24, 2.45) is 0 Å². The molecule has 17 heavy (non-hydrogen) atoms. The molecule has 0 saturated carbocycles. The van der Waals surface area contributed by atoms with Crippen molar-refractivity contribution in [2.45, 2.75) is 6.92 Å². The molecule has 84 valence electrons. The first kappa shape index (κ1) is 10.9. The van der Waals surface area contributed by atoms with E-state index in [1.165, 1.54) is 0 Å². The van der Waals surface area contributed by atoms with E-state index in [2.05, 4.69) is 21.4 Å². The lowest BCUT2D eigenvalue weighted by Crippen LogP contribution is -2.01. The van der Waals surface area contributed by atoms with Crippen LogP contribution in [0, 0.1) is 18.3 Å². The predicted molar refractivity (Wildman–Crippen MR) is 65.6 cm³/mol. The van der Waals surface area contributed by atoms with Gasteiger partial charge in [0.15, 0.2) is 0 Å². The highest BCUT2D eigenvalue weighted by molar-refractivity contribution is 5.61. The molecule has 1 aromatic heterocycles. The van der Waals surface area contributed by atoms with Crippen molar-refractivity contribution in [1.82, 2.24) is 9.97 Å². The Bertz CT molecular complexity index is 586. The fraction of sp³-hybridized carbons (Fsp3) is 0.0833. The summed E-state index contributed by atoms with van der Waals surface area (Å²) in [6, 6.07) is 9.24. The van der Waals surface area contributed by atoms with Crippen LogP contribution < -0.4 is 11.1 Å². The van der Waals surface area contributed by atoms with Crippen LogP contribution in [0.4, 0.5) is 17.5 Å². The molecule has 2 rings (SSSR count). The van der Waals surface area contributed by atoms with Crippen molar-refractivity contribution in [3.05, 3.63) is 41.6 Å². The highest BCUT2D eigenvalue weighted by Crippen LogP contribution is 2.18. The third kappa shape index (κ3) is 2.49. The molecule has 3 N–H and O–H groups in total. The number of aromatic nitrogens is 2. The van der Waals surface area contributed by atoms with Crippen molar-refractivity contribution in [3.63, 3.8) is 0 Å². The molecule has 0 bridgehead atoms. The molecule has 2 aromatic rings. The monoisotopic (exact) mass is 225 g/mol. The van der Waals surface area contributed by atoms with E-state index in [1.807, 2.05) is 13.0 Å². The number of benzene rings is 1. The molecule has 0 saturated heterocycles. The van der Waals surface area contributed by atoms with Crippen molar-refractivity contribution in [2.75, 3.05) is 11.1 Å². The predicted octanol–water partition coefficient (Wildman–Crippen LogP) is 1.98. The van der Waals surface area contributed by atoms with E-state index in [4.69, 9.17) is 11.0 Å². The average Bonchev–Trinajstić information content (AvgIpc) is 2.34. The number of nitrogen functional groups attached to an aromatic ring is 1. The van der Waals surface area contributed by atoms with Crippen molar-refractivity contribution in [3.8, 4) is 6.07 Å². The highest BCUT2D eigenvalue weighted by atomic mass is 15.1. The second-order valence-corrected chi connectivity index (χ2v) is 3.58. The first-order valence-electron chi connectivity index (χ1n) is 5.05. The van der Waals surface area contributed by atoms with Crippen LogP contribution in [-0.2, 0) is 0 Å². The van der Waals surface area contributed by atoms with Gasteiger partial charge in [0, 0.05) is 17.4 Å². The van der Waals surface area contributed by atoms with Gasteiger partial charge in [-0.3, -0.25) is 0 Å². The summed E-state index contributed by atoms with van der Waals surface area (Å²) >= 11 is 0. The molecule has 0 atom stereocenters. The molecule has 0 aliphatic carbocycles. The van der Waals surface area contributed by atoms with E-state index in [1.54, 1.807) is 24.4 Å². The summed E-state index contributed by atoms with van der Waals surface area (Å²) in [7, 11) is 0. The van der Waals surface area contributed by atoms with Gasteiger partial charge in [0.1, 0.15) is 5.82 Å². The van der Waals surface area contributed by atoms with Gasteiger partial charge in [0.2, 0.25) is 5.95 Å². The van der Waals surface area contributed by atoms with Crippen LogP contribution in [0.15, 0.2) is 30.5 Å². The number of hydrogen-bond donors (Lipinski definition) is 2. The maximum atomic E-state index is 8.80. The summed E-state index contributed by atoms with van der Waals surface area (Å²) in [6.45, 7) is 1.88. The highest BCUT2D eigenvalue weighted by Gasteiger charge is 2.02. The summed E-state index contributed by atoms with van der Waals surface area (Å²) < 4.78 is 0. The smallest absolute Gasteiger partial charge is 0.221 e. The lowest BCUT2D eigenvalue weighted by molar-refractivity contribution is 1.15. The Hall–Kier alpha value is -2.61. The minimum Gasteiger partial charge on any atom is -0.368 e. The molecule has 1 heterocycles. The minimum absolute atomic E-state index is 0.217. The Labute approximate surface area is 98.9 Å². The number of hydrogen-bond acceptors (Lipinski definition) is 5. The Kier molecular flexibility index (Phi) is 2.88. The summed E-state index contributed by atoms with van der Waals surface area (Å²) in [5.41, 5.74) is 7.80. The van der Waals surface area contributed by atoms with Gasteiger partial charge in [0.25, 0.3) is 0 Å². The average molecular weight is 225 g/mol. The SMILES string of the molecule is Cc1cnc(N)nc1Nc1cccc(C#N)c1. The van der Waals surface area contributed by atoms with E-state index in [0.29, 0.717) is 11.4 Å². The molecular weight excluding hydrogens is 214 g/mol. The van der Waals surface area contributed by atoms with E-state index in [-0.39, 0.29) is 5.95 Å². The standard InChI is InChI=1S/C12H11N5/c1-8-7-15-12(14)17-11(8)16-10-4-2-3-9(5-10)6-13/h2-5,7H,1H3,(H3,14,15,16,17). The number of anilines is 3. The number of nitrogens with zero attached hydrogens (tertiary/aromatic N) is 3. The van der Waals surface area contributed by atoms with Crippen LogP contribution in [0.5, 0.6) is 0 Å². The third-order valence-corrected chi connectivity index (χ3v) is 2.24. The Morgan fingerprint density at radius 3 is 3.00 bits per heavy atom. The molecule has 5 nitrogen and oxygen atoms in total. The number of nitrogens with two attached hydrogens (primary N) is 1. The van der Waals surface area contributed by atoms with Crippen LogP contribution in [-0.4, -0.2) is 9.97 Å². The van der Waals surface area contributed by atoms with E-state index in [0.717, 1.165) is 11.3 Å². The van der Waals surface area contributed by atoms with E-state index >= 15 is 0 Å². The van der Waals surface area contributed by atoms with Gasteiger partial charge >= 0.3 is 0 Å². The van der Waals surface area contributed by atoms with Crippen molar-refractivity contribution in [1.29, 1.82) is 5.26 Å². The van der Waals surface area contributed by atoms with Gasteiger partial charge < -0.3 is 11.1 Å². The zero-order valence-corrected chi connectivity index (χ0v) is 9.31. The van der Waals surface area contributed by atoms with Crippen molar-refractivity contribution >= 4 is 17.5 Å². The third-order valence-electron chi connectivity index (χ3n) is 2.24. The van der Waals surface area contributed by atoms with E-state index < -0.39 is 0 Å². The largest absolute Gasteiger partial charge is 0.368 e.